The molecular formula is C21H25N3O2S2. The number of ether oxygens (including phenoxy) is 1. The normalized spacial score (nSPS) is 12.1. The molecule has 1 atom stereocenters. The van der Waals surface area contributed by atoms with Crippen LogP contribution in [0, 0.1) is 6.92 Å². The predicted molar refractivity (Wildman–Crippen MR) is 115 cm³/mol. The van der Waals surface area contributed by atoms with E-state index in [-0.39, 0.29) is 12.0 Å². The fourth-order valence-electron chi connectivity index (χ4n) is 2.85. The number of nitrogens with one attached hydrogen (secondary N) is 1. The first kappa shape index (κ1) is 20.5. The topological polar surface area (TPSA) is 54.5 Å². The van der Waals surface area contributed by atoms with Crippen molar-refractivity contribution >= 4 is 28.6 Å². The van der Waals surface area contributed by atoms with E-state index in [2.05, 4.69) is 51.2 Å². The Labute approximate surface area is 174 Å². The minimum Gasteiger partial charge on any atom is -0.489 e. The molecule has 7 heteroatoms. The first-order chi connectivity index (χ1) is 13.5. The number of aromatic nitrogens is 1. The standard InChI is InChI=1S/C21H25N3O2S2/c1-15(10-22-21(25)20-14-28-16(2)23-20)26-19-6-4-5-17(9-19)11-24(3)12-18-7-8-27-13-18/h4-9,13-15H,10-12H2,1-3H3,(H,22,25)/t15-/m0/s1. The van der Waals surface area contributed by atoms with Crippen LogP contribution in [0.2, 0.25) is 0 Å². The maximum absolute atomic E-state index is 12.1. The Morgan fingerprint density at radius 1 is 1.25 bits per heavy atom. The van der Waals surface area contributed by atoms with Crippen molar-refractivity contribution < 1.29 is 9.53 Å². The molecule has 0 aliphatic rings. The maximum atomic E-state index is 12.1. The highest BCUT2D eigenvalue weighted by Gasteiger charge is 2.12. The van der Waals surface area contributed by atoms with Crippen molar-refractivity contribution in [3.63, 3.8) is 0 Å². The van der Waals surface area contributed by atoms with E-state index in [9.17, 15) is 4.79 Å². The molecule has 0 saturated carbocycles. The number of amides is 1. The molecule has 3 rings (SSSR count). The molecule has 0 bridgehead atoms. The van der Waals surface area contributed by atoms with Crippen LogP contribution in [0.5, 0.6) is 5.75 Å². The second-order valence-electron chi connectivity index (χ2n) is 6.84. The van der Waals surface area contributed by atoms with E-state index in [0.717, 1.165) is 23.8 Å². The fraction of sp³-hybridized carbons (Fsp3) is 0.333. The van der Waals surface area contributed by atoms with E-state index >= 15 is 0 Å². The quantitative estimate of drug-likeness (QED) is 0.565. The highest BCUT2D eigenvalue weighted by molar-refractivity contribution is 7.09. The van der Waals surface area contributed by atoms with Crippen molar-refractivity contribution in [1.82, 2.24) is 15.2 Å². The lowest BCUT2D eigenvalue weighted by atomic mass is 10.2. The monoisotopic (exact) mass is 415 g/mol. The Kier molecular flexibility index (Phi) is 7.19. The van der Waals surface area contributed by atoms with Crippen LogP contribution in [0.3, 0.4) is 0 Å². The molecule has 1 N–H and O–H groups in total. The average molecular weight is 416 g/mol. The van der Waals surface area contributed by atoms with Gasteiger partial charge in [-0.2, -0.15) is 11.3 Å². The summed E-state index contributed by atoms with van der Waals surface area (Å²) in [5, 5.41) is 9.82. The maximum Gasteiger partial charge on any atom is 0.270 e. The highest BCUT2D eigenvalue weighted by Crippen LogP contribution is 2.17. The second kappa shape index (κ2) is 9.82. The minimum atomic E-state index is -0.163. The van der Waals surface area contributed by atoms with Crippen LogP contribution in [0.1, 0.15) is 33.5 Å². The van der Waals surface area contributed by atoms with E-state index < -0.39 is 0 Å². The minimum absolute atomic E-state index is 0.137. The second-order valence-corrected chi connectivity index (χ2v) is 8.68. The first-order valence-electron chi connectivity index (χ1n) is 9.15. The summed E-state index contributed by atoms with van der Waals surface area (Å²) in [6, 6.07) is 10.3. The van der Waals surface area contributed by atoms with E-state index in [0.29, 0.717) is 12.2 Å². The Morgan fingerprint density at radius 2 is 2.07 bits per heavy atom. The van der Waals surface area contributed by atoms with Gasteiger partial charge in [0.25, 0.3) is 5.91 Å². The largest absolute Gasteiger partial charge is 0.489 e. The number of thiazole rings is 1. The summed E-state index contributed by atoms with van der Waals surface area (Å²) < 4.78 is 5.98. The molecule has 2 heterocycles. The molecule has 2 aromatic heterocycles. The van der Waals surface area contributed by atoms with Gasteiger partial charge in [0.2, 0.25) is 0 Å². The zero-order chi connectivity index (χ0) is 19.9. The van der Waals surface area contributed by atoms with Gasteiger partial charge in [-0.3, -0.25) is 9.69 Å². The van der Waals surface area contributed by atoms with Gasteiger partial charge in [-0.05, 0) is 61.0 Å². The number of hydrogen-bond donors (Lipinski definition) is 1. The molecular weight excluding hydrogens is 390 g/mol. The lowest BCUT2D eigenvalue weighted by molar-refractivity contribution is 0.0927. The van der Waals surface area contributed by atoms with E-state index in [4.69, 9.17) is 4.74 Å². The molecule has 148 valence electrons. The molecule has 3 aromatic rings. The number of carbonyl (C=O) groups is 1. The Morgan fingerprint density at radius 3 is 2.79 bits per heavy atom. The molecule has 0 aliphatic carbocycles. The SMILES string of the molecule is Cc1nc(C(=O)NC[C@H](C)Oc2cccc(CN(C)Cc3ccsc3)c2)cs1. The number of hydrogen-bond acceptors (Lipinski definition) is 6. The van der Waals surface area contributed by atoms with E-state index in [1.807, 2.05) is 26.0 Å². The molecule has 0 spiro atoms. The summed E-state index contributed by atoms with van der Waals surface area (Å²) in [7, 11) is 2.11. The van der Waals surface area contributed by atoms with Gasteiger partial charge in [-0.25, -0.2) is 4.98 Å². The van der Waals surface area contributed by atoms with Crippen molar-refractivity contribution in [3.8, 4) is 5.75 Å². The van der Waals surface area contributed by atoms with Gasteiger partial charge in [0.05, 0.1) is 11.6 Å². The Bertz CT molecular complexity index is 893. The summed E-state index contributed by atoms with van der Waals surface area (Å²) >= 11 is 3.19. The lowest BCUT2D eigenvalue weighted by Gasteiger charge is -2.18. The molecule has 5 nitrogen and oxygen atoms in total. The number of carbonyl (C=O) groups excluding carboxylic acids is 1. The Balaban J connectivity index is 1.48. The summed E-state index contributed by atoms with van der Waals surface area (Å²) in [6.45, 7) is 6.03. The number of benzene rings is 1. The zero-order valence-electron chi connectivity index (χ0n) is 16.3. The van der Waals surface area contributed by atoms with Gasteiger partial charge in [-0.1, -0.05) is 12.1 Å². The predicted octanol–water partition coefficient (Wildman–Crippen LogP) is 4.34. The summed E-state index contributed by atoms with van der Waals surface area (Å²) in [6.07, 6.45) is -0.137. The van der Waals surface area contributed by atoms with Crippen LogP contribution in [-0.2, 0) is 13.1 Å². The van der Waals surface area contributed by atoms with Gasteiger partial charge < -0.3 is 10.1 Å². The first-order valence-corrected chi connectivity index (χ1v) is 11.0. The molecule has 0 unspecified atom stereocenters. The van der Waals surface area contributed by atoms with Gasteiger partial charge in [0.1, 0.15) is 17.5 Å². The molecule has 0 saturated heterocycles. The molecule has 0 fully saturated rings. The van der Waals surface area contributed by atoms with Crippen molar-refractivity contribution in [3.05, 3.63) is 68.3 Å². The molecule has 1 amide bonds. The number of aryl methyl sites for hydroxylation is 1. The molecule has 0 aliphatic heterocycles. The smallest absolute Gasteiger partial charge is 0.270 e. The van der Waals surface area contributed by atoms with Gasteiger partial charge >= 0.3 is 0 Å². The summed E-state index contributed by atoms with van der Waals surface area (Å²) in [4.78, 5) is 18.6. The van der Waals surface area contributed by atoms with Crippen LogP contribution in [0.25, 0.3) is 0 Å². The van der Waals surface area contributed by atoms with Crippen LogP contribution < -0.4 is 10.1 Å². The highest BCUT2D eigenvalue weighted by atomic mass is 32.1. The third-order valence-corrected chi connectivity index (χ3v) is 5.63. The number of rotatable bonds is 9. The summed E-state index contributed by atoms with van der Waals surface area (Å²) in [5.74, 6) is 0.649. The van der Waals surface area contributed by atoms with E-state index in [1.165, 1.54) is 22.5 Å². The van der Waals surface area contributed by atoms with Crippen LogP contribution in [0.4, 0.5) is 0 Å². The van der Waals surface area contributed by atoms with E-state index in [1.54, 1.807) is 16.7 Å². The third kappa shape index (κ3) is 6.15. The average Bonchev–Trinajstić information content (AvgIpc) is 3.31. The molecule has 1 aromatic carbocycles. The van der Waals surface area contributed by atoms with Crippen molar-refractivity contribution in [2.75, 3.05) is 13.6 Å². The third-order valence-electron chi connectivity index (χ3n) is 4.12. The van der Waals surface area contributed by atoms with Crippen LogP contribution in [-0.4, -0.2) is 35.5 Å². The van der Waals surface area contributed by atoms with Crippen molar-refractivity contribution in [1.29, 1.82) is 0 Å². The van der Waals surface area contributed by atoms with Crippen molar-refractivity contribution in [2.24, 2.45) is 0 Å². The summed E-state index contributed by atoms with van der Waals surface area (Å²) in [5.41, 5.74) is 2.99. The van der Waals surface area contributed by atoms with Crippen LogP contribution in [0.15, 0.2) is 46.5 Å². The fourth-order valence-corrected chi connectivity index (χ4v) is 4.10. The van der Waals surface area contributed by atoms with Gasteiger partial charge in [-0.15, -0.1) is 11.3 Å². The number of nitrogens with zero attached hydrogens (tertiary/aromatic N) is 2. The van der Waals surface area contributed by atoms with Gasteiger partial charge in [0.15, 0.2) is 0 Å². The molecule has 0 radical (unpaired) electrons. The molecule has 28 heavy (non-hydrogen) atoms. The van der Waals surface area contributed by atoms with Crippen LogP contribution >= 0.6 is 22.7 Å². The number of thiophene rings is 1. The van der Waals surface area contributed by atoms with Gasteiger partial charge in [0, 0.05) is 18.5 Å². The Hall–Kier alpha value is -2.22. The lowest BCUT2D eigenvalue weighted by Crippen LogP contribution is -2.33. The van der Waals surface area contributed by atoms with Crippen molar-refractivity contribution in [2.45, 2.75) is 33.0 Å². The zero-order valence-corrected chi connectivity index (χ0v) is 18.0.